The molecule has 2 aromatic heterocycles. The molecule has 3 heterocycles. The van der Waals surface area contributed by atoms with Gasteiger partial charge in [-0.2, -0.15) is 5.10 Å². The summed E-state index contributed by atoms with van der Waals surface area (Å²) in [6.07, 6.45) is -3.58. The number of nitrogens with zero attached hydrogens (tertiary/aromatic N) is 6. The summed E-state index contributed by atoms with van der Waals surface area (Å²) in [7, 11) is 0. The van der Waals surface area contributed by atoms with Crippen LogP contribution in [0, 0.1) is 19.7 Å². The fourth-order valence-corrected chi connectivity index (χ4v) is 4.80. The van der Waals surface area contributed by atoms with E-state index >= 15 is 0 Å². The first-order chi connectivity index (χ1) is 17.7. The van der Waals surface area contributed by atoms with Gasteiger partial charge in [-0.25, -0.2) is 18.7 Å². The number of aliphatic hydroxyl groups excluding tert-OH is 3. The molecule has 1 saturated heterocycles. The number of aryl methyl sites for hydroxylation is 2. The molecular formula is C24H23Cl2FN6O4. The number of rotatable bonds is 5. The highest BCUT2D eigenvalue weighted by Gasteiger charge is 2.48. The molecule has 4 aromatic rings. The Morgan fingerprint density at radius 1 is 1.05 bits per heavy atom. The molecule has 0 bridgehead atoms. The van der Waals surface area contributed by atoms with Gasteiger partial charge >= 0.3 is 0 Å². The van der Waals surface area contributed by atoms with E-state index in [2.05, 4.69) is 20.4 Å². The van der Waals surface area contributed by atoms with Crippen LogP contribution in [0.3, 0.4) is 0 Å². The highest BCUT2D eigenvalue weighted by Crippen LogP contribution is 2.39. The Kier molecular flexibility index (Phi) is 7.01. The monoisotopic (exact) mass is 548 g/mol. The van der Waals surface area contributed by atoms with Crippen LogP contribution in [0.15, 0.2) is 42.6 Å². The highest BCUT2D eigenvalue weighted by molar-refractivity contribution is 6.31. The third kappa shape index (κ3) is 4.74. The summed E-state index contributed by atoms with van der Waals surface area (Å²) in [6, 6.07) is 8.30. The molecule has 3 N–H and O–H groups in total. The lowest BCUT2D eigenvalue weighted by Gasteiger charge is -2.41. The summed E-state index contributed by atoms with van der Waals surface area (Å²) in [5, 5.41) is 45.6. The Morgan fingerprint density at radius 2 is 1.78 bits per heavy atom. The first-order valence-corrected chi connectivity index (χ1v) is 12.1. The molecule has 37 heavy (non-hydrogen) atoms. The van der Waals surface area contributed by atoms with E-state index in [1.807, 2.05) is 13.0 Å². The van der Waals surface area contributed by atoms with Crippen LogP contribution in [-0.2, 0) is 4.74 Å². The SMILES string of the molecule is Cc1nc([C@@H]2O[C@H](CO)[C@H](O)[C@H](n3cc(-c4ccc(Cl)cc4F)nn3)[C@H]2O)n(-c2cc(Cl)ccc2C)n1. The minimum atomic E-state index is -1.40. The molecule has 5 rings (SSSR count). The molecule has 0 unspecified atom stereocenters. The Hall–Kier alpha value is -2.93. The minimum Gasteiger partial charge on any atom is -0.394 e. The first kappa shape index (κ1) is 25.7. The van der Waals surface area contributed by atoms with Gasteiger partial charge in [-0.1, -0.05) is 34.5 Å². The maximum absolute atomic E-state index is 14.5. The molecule has 5 atom stereocenters. The second-order valence-corrected chi connectivity index (χ2v) is 9.69. The van der Waals surface area contributed by atoms with Crippen LogP contribution in [0.4, 0.5) is 4.39 Å². The Balaban J connectivity index is 1.56. The van der Waals surface area contributed by atoms with E-state index in [0.717, 1.165) is 11.6 Å². The van der Waals surface area contributed by atoms with Crippen molar-refractivity contribution in [1.82, 2.24) is 29.8 Å². The van der Waals surface area contributed by atoms with Gasteiger partial charge in [-0.3, -0.25) is 0 Å². The number of aliphatic hydroxyl groups is 3. The number of halogens is 3. The zero-order chi connectivity index (χ0) is 26.4. The molecule has 0 saturated carbocycles. The van der Waals surface area contributed by atoms with Crippen LogP contribution >= 0.6 is 23.2 Å². The fraction of sp³-hybridized carbons (Fsp3) is 0.333. The van der Waals surface area contributed by atoms with Crippen LogP contribution < -0.4 is 0 Å². The molecule has 0 spiro atoms. The molecule has 194 valence electrons. The van der Waals surface area contributed by atoms with Crippen LogP contribution in [0.5, 0.6) is 0 Å². The summed E-state index contributed by atoms with van der Waals surface area (Å²) in [5.41, 5.74) is 1.80. The van der Waals surface area contributed by atoms with E-state index in [4.69, 9.17) is 27.9 Å². The fourth-order valence-electron chi connectivity index (χ4n) is 4.47. The molecule has 0 amide bonds. The first-order valence-electron chi connectivity index (χ1n) is 11.4. The normalized spacial score (nSPS) is 23.9. The predicted octanol–water partition coefficient (Wildman–Crippen LogP) is 2.98. The van der Waals surface area contributed by atoms with Crippen molar-refractivity contribution in [2.45, 2.75) is 44.3 Å². The Morgan fingerprint density at radius 3 is 2.51 bits per heavy atom. The summed E-state index contributed by atoms with van der Waals surface area (Å²) in [4.78, 5) is 4.48. The molecule has 1 aliphatic heterocycles. The zero-order valence-electron chi connectivity index (χ0n) is 19.7. The molecule has 1 aliphatic rings. The molecule has 0 radical (unpaired) electrons. The van der Waals surface area contributed by atoms with Crippen LogP contribution in [0.2, 0.25) is 10.0 Å². The van der Waals surface area contributed by atoms with Crippen molar-refractivity contribution in [3.05, 3.63) is 75.7 Å². The summed E-state index contributed by atoms with van der Waals surface area (Å²) in [6.45, 7) is 3.02. The van der Waals surface area contributed by atoms with Gasteiger partial charge in [-0.15, -0.1) is 5.10 Å². The topological polar surface area (TPSA) is 131 Å². The lowest BCUT2D eigenvalue weighted by Crippen LogP contribution is -2.53. The van der Waals surface area contributed by atoms with Crippen LogP contribution in [-0.4, -0.2) is 70.0 Å². The third-order valence-electron chi connectivity index (χ3n) is 6.31. The Labute approximate surface area is 220 Å². The van der Waals surface area contributed by atoms with Crippen molar-refractivity contribution < 1.29 is 24.4 Å². The number of hydrogen-bond acceptors (Lipinski definition) is 8. The number of ether oxygens (including phenoxy) is 1. The van der Waals surface area contributed by atoms with Gasteiger partial charge in [0.25, 0.3) is 0 Å². The van der Waals surface area contributed by atoms with Crippen molar-refractivity contribution in [3.8, 4) is 16.9 Å². The van der Waals surface area contributed by atoms with Gasteiger partial charge in [-0.05, 0) is 49.7 Å². The maximum Gasteiger partial charge on any atom is 0.164 e. The average Bonchev–Trinajstić information content (AvgIpc) is 3.48. The number of benzene rings is 2. The van der Waals surface area contributed by atoms with Crippen molar-refractivity contribution in [2.24, 2.45) is 0 Å². The van der Waals surface area contributed by atoms with Gasteiger partial charge in [0.1, 0.15) is 47.8 Å². The molecule has 10 nitrogen and oxygen atoms in total. The molecule has 13 heteroatoms. The predicted molar refractivity (Wildman–Crippen MR) is 132 cm³/mol. The second-order valence-electron chi connectivity index (χ2n) is 8.82. The molecular weight excluding hydrogens is 526 g/mol. The summed E-state index contributed by atoms with van der Waals surface area (Å²) >= 11 is 12.1. The van der Waals surface area contributed by atoms with Gasteiger partial charge in [0.15, 0.2) is 5.82 Å². The van der Waals surface area contributed by atoms with E-state index in [0.29, 0.717) is 16.5 Å². The molecule has 1 fully saturated rings. The number of aromatic nitrogens is 6. The maximum atomic E-state index is 14.5. The highest BCUT2D eigenvalue weighted by atomic mass is 35.5. The largest absolute Gasteiger partial charge is 0.394 e. The van der Waals surface area contributed by atoms with Crippen molar-refractivity contribution in [1.29, 1.82) is 0 Å². The smallest absolute Gasteiger partial charge is 0.164 e. The number of hydrogen-bond donors (Lipinski definition) is 3. The van der Waals surface area contributed by atoms with Gasteiger partial charge in [0.2, 0.25) is 0 Å². The summed E-state index contributed by atoms with van der Waals surface area (Å²) in [5.74, 6) is 0.0589. The lowest BCUT2D eigenvalue weighted by molar-refractivity contribution is -0.210. The lowest BCUT2D eigenvalue weighted by atomic mass is 9.92. The van der Waals surface area contributed by atoms with E-state index in [1.54, 1.807) is 19.1 Å². The Bertz CT molecular complexity index is 1450. The van der Waals surface area contributed by atoms with Gasteiger partial charge in [0.05, 0.1) is 18.5 Å². The second kappa shape index (κ2) is 10.1. The van der Waals surface area contributed by atoms with E-state index < -0.39 is 42.9 Å². The zero-order valence-corrected chi connectivity index (χ0v) is 21.2. The molecule has 0 aliphatic carbocycles. The van der Waals surface area contributed by atoms with E-state index in [9.17, 15) is 19.7 Å². The standard InChI is InChI=1S/C24H23Cl2FN6O4/c1-11-3-4-14(26)8-18(11)33-24(28-12(2)30-33)23-22(36)20(21(35)19(10-34)37-23)32-9-17(29-31-32)15-6-5-13(25)7-16(15)27/h3-9,19-23,34-36H,10H2,1-2H3/t19-,20+,21+,22-,23-/m1/s1. The average molecular weight is 549 g/mol. The minimum absolute atomic E-state index is 0.147. The van der Waals surface area contributed by atoms with E-state index in [-0.39, 0.29) is 22.1 Å². The quantitative estimate of drug-likeness (QED) is 0.347. The van der Waals surface area contributed by atoms with Crippen molar-refractivity contribution >= 4 is 23.2 Å². The molecule has 2 aromatic carbocycles. The van der Waals surface area contributed by atoms with E-state index in [1.165, 1.54) is 27.7 Å². The van der Waals surface area contributed by atoms with Crippen molar-refractivity contribution in [2.75, 3.05) is 6.61 Å². The van der Waals surface area contributed by atoms with Crippen molar-refractivity contribution in [3.63, 3.8) is 0 Å². The van der Waals surface area contributed by atoms with Gasteiger partial charge in [0, 0.05) is 15.6 Å². The van der Waals surface area contributed by atoms with Crippen LogP contribution in [0.1, 0.15) is 29.4 Å². The summed E-state index contributed by atoms with van der Waals surface area (Å²) < 4.78 is 23.1. The van der Waals surface area contributed by atoms with Gasteiger partial charge < -0.3 is 20.1 Å². The van der Waals surface area contributed by atoms with Crippen LogP contribution in [0.25, 0.3) is 16.9 Å². The third-order valence-corrected chi connectivity index (χ3v) is 6.78.